The number of hydrogen-bond acceptors (Lipinski definition) is 0. The van der Waals surface area contributed by atoms with Gasteiger partial charge >= 0.3 is 0 Å². The normalized spacial score (nSPS) is 14.1. The molecule has 1 unspecified atom stereocenters. The van der Waals surface area contributed by atoms with E-state index < -0.39 is 0 Å². The van der Waals surface area contributed by atoms with Gasteiger partial charge in [0.2, 0.25) is 0 Å². The lowest BCUT2D eigenvalue weighted by Gasteiger charge is -2.34. The molecule has 0 spiro atoms. The van der Waals surface area contributed by atoms with Gasteiger partial charge in [-0.2, -0.15) is 0 Å². The monoisotopic (exact) mass is 1630 g/mol. The Morgan fingerprint density at radius 1 is 0.211 bits per heavy atom. The van der Waals surface area contributed by atoms with Gasteiger partial charge in [0.05, 0.1) is 22.1 Å². The molecular weight excluding hydrogens is 1480 g/mol. The number of hydrogen-bond donors (Lipinski definition) is 0. The summed E-state index contributed by atoms with van der Waals surface area (Å²) >= 11 is 0. The first-order valence-electron chi connectivity index (χ1n) is 50.7. The van der Waals surface area contributed by atoms with E-state index in [1.54, 1.807) is 33.4 Å². The van der Waals surface area contributed by atoms with E-state index in [4.69, 9.17) is 0 Å². The van der Waals surface area contributed by atoms with Crippen LogP contribution in [0.5, 0.6) is 0 Å². The molecule has 2 nitrogen and oxygen atoms in total. The van der Waals surface area contributed by atoms with Gasteiger partial charge < -0.3 is 9.13 Å². The first-order chi connectivity index (χ1) is 60.6. The molecule has 13 aromatic rings. The smallest absolute Gasteiger partial charge is 0.0541 e. The fourth-order valence-electron chi connectivity index (χ4n) is 23.6. The Bertz CT molecular complexity index is 5620. The van der Waals surface area contributed by atoms with E-state index >= 15 is 0 Å². The van der Waals surface area contributed by atoms with Gasteiger partial charge in [-0.1, -0.05) is 432 Å². The van der Waals surface area contributed by atoms with Crippen LogP contribution in [0.3, 0.4) is 0 Å². The molecule has 3 aliphatic rings. The summed E-state index contributed by atoms with van der Waals surface area (Å²) in [6.45, 7) is 19.0. The van der Waals surface area contributed by atoms with Gasteiger partial charge in [0.15, 0.2) is 0 Å². The Kier molecular flexibility index (Phi) is 29.5. The molecule has 123 heavy (non-hydrogen) atoms. The van der Waals surface area contributed by atoms with Crippen LogP contribution in [0, 0.1) is 0 Å². The van der Waals surface area contributed by atoms with E-state index in [1.807, 2.05) is 0 Å². The molecule has 0 radical (unpaired) electrons. The minimum Gasteiger partial charge on any atom is -0.309 e. The Morgan fingerprint density at radius 3 is 0.813 bits per heavy atom. The zero-order valence-corrected chi connectivity index (χ0v) is 77.2. The van der Waals surface area contributed by atoms with Gasteiger partial charge in [0.25, 0.3) is 0 Å². The lowest BCUT2D eigenvalue weighted by atomic mass is 9.69. The van der Waals surface area contributed by atoms with Crippen molar-refractivity contribution in [3.8, 4) is 78.1 Å². The highest BCUT2D eigenvalue weighted by Crippen LogP contribution is 2.60. The second kappa shape index (κ2) is 41.4. The molecule has 3 aliphatic carbocycles. The van der Waals surface area contributed by atoms with Crippen molar-refractivity contribution in [2.75, 3.05) is 0 Å². The zero-order valence-electron chi connectivity index (χ0n) is 77.2. The highest BCUT2D eigenvalue weighted by molar-refractivity contribution is 6.12. The average Bonchev–Trinajstić information content (AvgIpc) is 1.55. The molecule has 0 N–H and O–H groups in total. The predicted molar refractivity (Wildman–Crippen MR) is 537 cm³/mol. The molecule has 0 saturated heterocycles. The molecule has 0 saturated carbocycles. The maximum Gasteiger partial charge on any atom is 0.0541 e. The van der Waals surface area contributed by atoms with E-state index in [2.05, 4.69) is 289 Å². The second-order valence-electron chi connectivity index (χ2n) is 38.7. The van der Waals surface area contributed by atoms with Gasteiger partial charge in [0.1, 0.15) is 0 Å². The first-order valence-corrected chi connectivity index (χ1v) is 50.7. The summed E-state index contributed by atoms with van der Waals surface area (Å²) in [4.78, 5) is 0. The number of benzene rings is 11. The van der Waals surface area contributed by atoms with Crippen LogP contribution in [0.1, 0.15) is 376 Å². The summed E-state index contributed by atoms with van der Waals surface area (Å²) in [5.74, 6) is 0.540. The molecule has 0 amide bonds. The van der Waals surface area contributed by atoms with Gasteiger partial charge in [-0.3, -0.25) is 0 Å². The Labute approximate surface area is 743 Å². The van der Waals surface area contributed by atoms with Crippen molar-refractivity contribution in [2.45, 2.75) is 354 Å². The van der Waals surface area contributed by atoms with E-state index in [0.717, 1.165) is 19.3 Å². The van der Waals surface area contributed by atoms with E-state index in [-0.39, 0.29) is 16.2 Å². The number of fused-ring (bicyclic) bond motifs is 15. The molecule has 0 aliphatic heterocycles. The average molecular weight is 1630 g/mol. The minimum atomic E-state index is -0.165. The molecule has 11 aromatic carbocycles. The number of nitrogens with zero attached hydrogens (tertiary/aromatic N) is 2. The molecule has 0 bridgehead atoms. The summed E-state index contributed by atoms with van der Waals surface area (Å²) in [5.41, 5.74) is 35.2. The summed E-state index contributed by atoms with van der Waals surface area (Å²) in [7, 11) is 0. The molecule has 0 fully saturated rings. The molecule has 1 atom stereocenters. The number of rotatable bonds is 49. The van der Waals surface area contributed by atoms with Crippen molar-refractivity contribution in [3.63, 3.8) is 0 Å². The minimum absolute atomic E-state index is 0.00626. The third-order valence-electron chi connectivity index (χ3n) is 30.6. The predicted octanol–water partition coefficient (Wildman–Crippen LogP) is 37.7. The number of unbranched alkanes of at least 4 members (excludes halogenated alkanes) is 30. The van der Waals surface area contributed by atoms with Crippen molar-refractivity contribution in [1.29, 1.82) is 0 Å². The molecule has 2 aromatic heterocycles. The van der Waals surface area contributed by atoms with Crippen LogP contribution in [0.25, 0.3) is 122 Å². The largest absolute Gasteiger partial charge is 0.309 e. The van der Waals surface area contributed by atoms with Crippen LogP contribution in [0.15, 0.2) is 224 Å². The van der Waals surface area contributed by atoms with Gasteiger partial charge in [-0.15, -0.1) is 0 Å². The quantitative estimate of drug-likeness (QED) is 0.0336. The molecular formula is C121H148N2. The highest BCUT2D eigenvalue weighted by atomic mass is 15.0. The summed E-state index contributed by atoms with van der Waals surface area (Å²) < 4.78 is 5.31. The van der Waals surface area contributed by atoms with Gasteiger partial charge in [-0.25, -0.2) is 0 Å². The van der Waals surface area contributed by atoms with Gasteiger partial charge in [0, 0.05) is 49.2 Å². The molecule has 642 valence electrons. The van der Waals surface area contributed by atoms with Crippen molar-refractivity contribution < 1.29 is 0 Å². The maximum atomic E-state index is 2.72. The Morgan fingerprint density at radius 2 is 0.472 bits per heavy atom. The lowest BCUT2D eigenvalue weighted by molar-refractivity contribution is 0.397. The van der Waals surface area contributed by atoms with Crippen LogP contribution in [0.2, 0.25) is 0 Å². The van der Waals surface area contributed by atoms with E-state index in [9.17, 15) is 0 Å². The topological polar surface area (TPSA) is 9.86 Å². The van der Waals surface area contributed by atoms with E-state index in [1.165, 1.54) is 384 Å². The van der Waals surface area contributed by atoms with E-state index in [0.29, 0.717) is 5.92 Å². The van der Waals surface area contributed by atoms with Gasteiger partial charge in [-0.05, 0) is 235 Å². The Balaban J connectivity index is 0.785. The second-order valence-corrected chi connectivity index (χ2v) is 38.7. The SMILES string of the molecule is CCCCCCCCC1(CCCCCCCC)c2cc(-c3ccccc3)ccc2-c2ccc(-c3ccc4c(c3)c3ccccc3n4-c3ccc4c(c3)C(CCCCCCCC)(CCCCCCCC)c3cc(-n5c6ccccc6c6cc(-c7ccc8c(c7)C(CCCCCCCC)(CCCCCCCC)c7cc(C(C)CC)ccc7-8)ccc65)ccc3-4)cc21. The molecule has 16 rings (SSSR count). The zero-order chi connectivity index (χ0) is 84.5. The fraction of sp³-hybridized carbons (Fsp3) is 0.455. The third-order valence-corrected chi connectivity index (χ3v) is 30.6. The van der Waals surface area contributed by atoms with Crippen LogP contribution < -0.4 is 0 Å². The summed E-state index contributed by atoms with van der Waals surface area (Å²) in [6, 6.07) is 91.3. The third kappa shape index (κ3) is 18.2. The van der Waals surface area contributed by atoms with Crippen molar-refractivity contribution in [1.82, 2.24) is 9.13 Å². The van der Waals surface area contributed by atoms with Crippen molar-refractivity contribution in [2.24, 2.45) is 0 Å². The standard InChI is InChI=1S/C121H148N2/c1-9-16-22-28-34-47-75-119(76-48-35-29-23-17-10-2)109-83-91(89(8)15-7)59-67-99(109)101-69-61-95(85-111(101)119)92-63-73-117-107(81-92)105-55-43-45-57-115(105)122(117)97-65-71-103-104-72-66-98(88-114(104)121(113(103)87-97,79-51-38-32-26-20-13-5)80-52-39-33-27-21-14-6)123-116-58-46-44-56-106(116)108-82-93(64-74-118(108)123)96-62-70-102-100-68-60-94(90-53-41-40-42-54-90)84-110(100)120(112(102)86-96,77-49-36-30-24-18-11-3)78-50-37-31-25-19-12-4/h40-46,53-74,81-89H,9-39,47-52,75-80H2,1-8H3. The summed E-state index contributed by atoms with van der Waals surface area (Å²) in [5, 5.41) is 5.31. The lowest BCUT2D eigenvalue weighted by Crippen LogP contribution is -2.26. The highest BCUT2D eigenvalue weighted by Gasteiger charge is 2.46. The molecule has 2 heterocycles. The van der Waals surface area contributed by atoms with Crippen LogP contribution in [-0.4, -0.2) is 9.13 Å². The number of para-hydroxylation sites is 2. The van der Waals surface area contributed by atoms with Crippen LogP contribution in [-0.2, 0) is 16.2 Å². The summed E-state index contributed by atoms with van der Waals surface area (Å²) in [6.07, 6.45) is 55.3. The van der Waals surface area contributed by atoms with Crippen molar-refractivity contribution >= 4 is 43.6 Å². The number of aromatic nitrogens is 2. The first kappa shape index (κ1) is 87.5. The Hall–Kier alpha value is -8.98. The van der Waals surface area contributed by atoms with Crippen molar-refractivity contribution in [3.05, 3.63) is 263 Å². The molecule has 2 heteroatoms. The van der Waals surface area contributed by atoms with Crippen LogP contribution >= 0.6 is 0 Å². The fourth-order valence-corrected chi connectivity index (χ4v) is 23.6. The maximum absolute atomic E-state index is 2.72. The van der Waals surface area contributed by atoms with Crippen LogP contribution in [0.4, 0.5) is 0 Å².